The number of H-pyrrole nitrogens is 1. The first-order valence-electron chi connectivity index (χ1n) is 4.81. The van der Waals surface area contributed by atoms with E-state index >= 15 is 0 Å². The van der Waals surface area contributed by atoms with Crippen molar-refractivity contribution in [2.24, 2.45) is 0 Å². The van der Waals surface area contributed by atoms with E-state index in [9.17, 15) is 0 Å². The number of nitrogens with one attached hydrogen (secondary N) is 1. The summed E-state index contributed by atoms with van der Waals surface area (Å²) >= 11 is 7.41. The summed E-state index contributed by atoms with van der Waals surface area (Å²) in [6.45, 7) is 2.04. The van der Waals surface area contributed by atoms with Gasteiger partial charge in [-0.1, -0.05) is 11.6 Å². The molecule has 3 heterocycles. The predicted octanol–water partition coefficient (Wildman–Crippen LogP) is 3.65. The van der Waals surface area contributed by atoms with Crippen LogP contribution >= 0.6 is 22.9 Å². The minimum absolute atomic E-state index is 0.750. The molecular formula is C11H8ClN3S. The summed E-state index contributed by atoms with van der Waals surface area (Å²) in [5.74, 6) is 0.828. The van der Waals surface area contributed by atoms with Gasteiger partial charge in [0.2, 0.25) is 0 Å². The second-order valence-electron chi connectivity index (χ2n) is 3.52. The molecule has 0 radical (unpaired) electrons. The third-order valence-corrected chi connectivity index (χ3v) is 3.64. The third-order valence-electron chi connectivity index (χ3n) is 2.41. The predicted molar refractivity (Wildman–Crippen MR) is 66.9 cm³/mol. The van der Waals surface area contributed by atoms with E-state index in [2.05, 4.69) is 15.0 Å². The number of aromatic nitrogens is 3. The van der Waals surface area contributed by atoms with Gasteiger partial charge in [-0.25, -0.2) is 9.97 Å². The van der Waals surface area contributed by atoms with Crippen LogP contribution < -0.4 is 0 Å². The summed E-state index contributed by atoms with van der Waals surface area (Å²) in [5, 5.41) is 0. The molecule has 0 spiro atoms. The summed E-state index contributed by atoms with van der Waals surface area (Å²) in [4.78, 5) is 13.0. The van der Waals surface area contributed by atoms with Crippen LogP contribution in [-0.4, -0.2) is 15.0 Å². The van der Waals surface area contributed by atoms with E-state index in [1.54, 1.807) is 6.20 Å². The lowest BCUT2D eigenvalue weighted by atomic mass is 10.3. The first kappa shape index (κ1) is 9.81. The standard InChI is InChI=1S/C11H8ClN3S/c1-6-4-5-13-11-9(6)14-10(15-11)7-2-3-8(12)16-7/h2-5H,1H3,(H,13,14,15). The molecule has 1 N–H and O–H groups in total. The minimum Gasteiger partial charge on any atom is -0.336 e. The highest BCUT2D eigenvalue weighted by molar-refractivity contribution is 7.19. The maximum Gasteiger partial charge on any atom is 0.178 e. The molecule has 0 bridgehead atoms. The monoisotopic (exact) mass is 249 g/mol. The number of thiophene rings is 1. The molecule has 0 amide bonds. The van der Waals surface area contributed by atoms with Gasteiger partial charge in [0.25, 0.3) is 0 Å². The van der Waals surface area contributed by atoms with Crippen LogP contribution in [0.4, 0.5) is 0 Å². The van der Waals surface area contributed by atoms with E-state index in [4.69, 9.17) is 11.6 Å². The average molecular weight is 250 g/mol. The largest absolute Gasteiger partial charge is 0.336 e. The summed E-state index contributed by atoms with van der Waals surface area (Å²) in [6.07, 6.45) is 1.77. The van der Waals surface area contributed by atoms with Crippen molar-refractivity contribution >= 4 is 34.1 Å². The van der Waals surface area contributed by atoms with E-state index in [0.717, 1.165) is 31.8 Å². The summed E-state index contributed by atoms with van der Waals surface area (Å²) in [7, 11) is 0. The Morgan fingerprint density at radius 2 is 2.19 bits per heavy atom. The molecule has 3 aromatic heterocycles. The number of nitrogens with zero attached hydrogens (tertiary/aromatic N) is 2. The van der Waals surface area contributed by atoms with Crippen LogP contribution in [-0.2, 0) is 0 Å². The van der Waals surface area contributed by atoms with Crippen molar-refractivity contribution in [3.05, 3.63) is 34.3 Å². The Morgan fingerprint density at radius 3 is 2.88 bits per heavy atom. The fraction of sp³-hybridized carbons (Fsp3) is 0.0909. The van der Waals surface area contributed by atoms with Crippen molar-refractivity contribution in [1.29, 1.82) is 0 Å². The average Bonchev–Trinajstić information content (AvgIpc) is 2.84. The van der Waals surface area contributed by atoms with Gasteiger partial charge < -0.3 is 4.98 Å². The molecule has 0 aliphatic carbocycles. The first-order chi connectivity index (χ1) is 7.74. The Labute approximate surface area is 101 Å². The second kappa shape index (κ2) is 3.57. The molecule has 3 aromatic rings. The first-order valence-corrected chi connectivity index (χ1v) is 6.00. The number of halogens is 1. The summed E-state index contributed by atoms with van der Waals surface area (Å²) in [5.41, 5.74) is 2.88. The second-order valence-corrected chi connectivity index (χ2v) is 5.23. The fourth-order valence-electron chi connectivity index (χ4n) is 1.59. The zero-order valence-corrected chi connectivity index (χ0v) is 10.1. The third kappa shape index (κ3) is 1.50. The number of pyridine rings is 1. The summed E-state index contributed by atoms with van der Waals surface area (Å²) in [6, 6.07) is 5.79. The molecule has 80 valence electrons. The zero-order chi connectivity index (χ0) is 11.1. The van der Waals surface area contributed by atoms with E-state index in [1.807, 2.05) is 25.1 Å². The van der Waals surface area contributed by atoms with Crippen molar-refractivity contribution < 1.29 is 0 Å². The SMILES string of the molecule is Cc1ccnc2nc(-c3ccc(Cl)s3)[nH]c12. The van der Waals surface area contributed by atoms with Gasteiger partial charge in [0, 0.05) is 6.20 Å². The fourth-order valence-corrected chi connectivity index (χ4v) is 2.58. The van der Waals surface area contributed by atoms with Gasteiger partial charge in [0.05, 0.1) is 14.7 Å². The van der Waals surface area contributed by atoms with Gasteiger partial charge in [0.1, 0.15) is 0 Å². The van der Waals surface area contributed by atoms with Crippen molar-refractivity contribution in [3.8, 4) is 10.7 Å². The number of imidazole rings is 1. The van der Waals surface area contributed by atoms with Gasteiger partial charge in [-0.3, -0.25) is 0 Å². The molecule has 5 heteroatoms. The molecule has 0 aliphatic heterocycles. The van der Waals surface area contributed by atoms with Crippen LogP contribution in [0.25, 0.3) is 21.9 Å². The molecular weight excluding hydrogens is 242 g/mol. The number of hydrogen-bond donors (Lipinski definition) is 1. The van der Waals surface area contributed by atoms with Gasteiger partial charge in [-0.05, 0) is 30.7 Å². The molecule has 0 unspecified atom stereocenters. The quantitative estimate of drug-likeness (QED) is 0.715. The number of aryl methyl sites for hydroxylation is 1. The number of rotatable bonds is 1. The normalized spacial score (nSPS) is 11.1. The minimum atomic E-state index is 0.750. The van der Waals surface area contributed by atoms with Crippen LogP contribution in [0.3, 0.4) is 0 Å². The number of fused-ring (bicyclic) bond motifs is 1. The lowest BCUT2D eigenvalue weighted by Crippen LogP contribution is -1.78. The van der Waals surface area contributed by atoms with Gasteiger partial charge in [-0.2, -0.15) is 0 Å². The van der Waals surface area contributed by atoms with Crippen molar-refractivity contribution in [1.82, 2.24) is 15.0 Å². The Balaban J connectivity index is 2.22. The zero-order valence-electron chi connectivity index (χ0n) is 8.49. The van der Waals surface area contributed by atoms with E-state index in [-0.39, 0.29) is 0 Å². The Morgan fingerprint density at radius 1 is 1.31 bits per heavy atom. The van der Waals surface area contributed by atoms with Crippen molar-refractivity contribution in [3.63, 3.8) is 0 Å². The highest BCUT2D eigenvalue weighted by atomic mass is 35.5. The Bertz CT molecular complexity index is 656. The van der Waals surface area contributed by atoms with Gasteiger partial charge >= 0.3 is 0 Å². The van der Waals surface area contributed by atoms with Gasteiger partial charge in [0.15, 0.2) is 11.5 Å². The molecule has 0 aliphatic rings. The van der Waals surface area contributed by atoms with Crippen LogP contribution in [0.5, 0.6) is 0 Å². The highest BCUT2D eigenvalue weighted by Crippen LogP contribution is 2.30. The number of aromatic amines is 1. The van der Waals surface area contributed by atoms with Crippen molar-refractivity contribution in [2.45, 2.75) is 6.92 Å². The molecule has 0 aromatic carbocycles. The molecule has 16 heavy (non-hydrogen) atoms. The topological polar surface area (TPSA) is 41.6 Å². The maximum absolute atomic E-state index is 5.90. The van der Waals surface area contributed by atoms with E-state index in [1.165, 1.54) is 11.3 Å². The Kier molecular flexibility index (Phi) is 2.19. The van der Waals surface area contributed by atoms with Crippen LogP contribution in [0.15, 0.2) is 24.4 Å². The number of hydrogen-bond acceptors (Lipinski definition) is 3. The van der Waals surface area contributed by atoms with E-state index in [0.29, 0.717) is 0 Å². The molecule has 3 nitrogen and oxygen atoms in total. The van der Waals surface area contributed by atoms with Crippen LogP contribution in [0, 0.1) is 6.92 Å². The smallest absolute Gasteiger partial charge is 0.178 e. The molecule has 0 saturated carbocycles. The highest BCUT2D eigenvalue weighted by Gasteiger charge is 2.09. The molecule has 0 fully saturated rings. The summed E-state index contributed by atoms with van der Waals surface area (Å²) < 4.78 is 0.764. The lowest BCUT2D eigenvalue weighted by molar-refractivity contribution is 1.31. The molecule has 0 saturated heterocycles. The van der Waals surface area contributed by atoms with Crippen LogP contribution in [0.2, 0.25) is 4.34 Å². The Hall–Kier alpha value is -1.39. The van der Waals surface area contributed by atoms with Crippen molar-refractivity contribution in [2.75, 3.05) is 0 Å². The lowest BCUT2D eigenvalue weighted by Gasteiger charge is -1.90. The molecule has 0 atom stereocenters. The maximum atomic E-state index is 5.90. The van der Waals surface area contributed by atoms with Gasteiger partial charge in [-0.15, -0.1) is 11.3 Å². The van der Waals surface area contributed by atoms with E-state index < -0.39 is 0 Å². The molecule has 3 rings (SSSR count). The van der Waals surface area contributed by atoms with Crippen LogP contribution in [0.1, 0.15) is 5.56 Å².